The predicted octanol–water partition coefficient (Wildman–Crippen LogP) is -1.13. The highest BCUT2D eigenvalue weighted by Crippen LogP contribution is 2.02. The molecule has 1 rings (SSSR count). The van der Waals surface area contributed by atoms with E-state index in [4.69, 9.17) is 5.26 Å². The molecule has 1 atom stereocenters. The van der Waals surface area contributed by atoms with Crippen LogP contribution in [0.25, 0.3) is 0 Å². The molecule has 1 heterocycles. The summed E-state index contributed by atoms with van der Waals surface area (Å²) < 4.78 is 0. The number of rotatable bonds is 2. The van der Waals surface area contributed by atoms with Crippen LogP contribution in [0.3, 0.4) is 0 Å². The molecule has 5 nitrogen and oxygen atoms in total. The molecule has 14 heavy (non-hydrogen) atoms. The molecule has 0 aromatic carbocycles. The van der Waals surface area contributed by atoms with Crippen LogP contribution in [-0.2, 0) is 4.79 Å². The number of hydrogen-bond acceptors (Lipinski definition) is 4. The summed E-state index contributed by atoms with van der Waals surface area (Å²) in [5, 5.41) is 12.0. The zero-order chi connectivity index (χ0) is 10.6. The van der Waals surface area contributed by atoms with Crippen molar-refractivity contribution in [2.75, 3.05) is 40.3 Å². The van der Waals surface area contributed by atoms with E-state index in [1.807, 2.05) is 4.90 Å². The smallest absolute Gasteiger partial charge is 0.236 e. The fourth-order valence-corrected chi connectivity index (χ4v) is 1.38. The van der Waals surface area contributed by atoms with E-state index < -0.39 is 0 Å². The van der Waals surface area contributed by atoms with Crippen molar-refractivity contribution in [2.24, 2.45) is 0 Å². The molecule has 1 N–H and O–H groups in total. The van der Waals surface area contributed by atoms with Gasteiger partial charge in [-0.1, -0.05) is 0 Å². The first-order valence-corrected chi connectivity index (χ1v) is 4.69. The Bertz CT molecular complexity index is 246. The molecule has 0 aromatic rings. The Morgan fingerprint density at radius 1 is 1.71 bits per heavy atom. The molecule has 1 amide bonds. The predicted molar refractivity (Wildman–Crippen MR) is 52.5 cm³/mol. The van der Waals surface area contributed by atoms with Crippen LogP contribution >= 0.6 is 0 Å². The number of nitrogens with zero attached hydrogens (tertiary/aromatic N) is 3. The molecule has 0 saturated carbocycles. The first kappa shape index (κ1) is 11.0. The minimum absolute atomic E-state index is 0.0483. The number of hydrogen-bond donors (Lipinski definition) is 1. The van der Waals surface area contributed by atoms with Gasteiger partial charge in [-0.2, -0.15) is 5.26 Å². The molecule has 1 saturated heterocycles. The van der Waals surface area contributed by atoms with Crippen LogP contribution in [0.2, 0.25) is 0 Å². The van der Waals surface area contributed by atoms with Crippen LogP contribution in [0.15, 0.2) is 0 Å². The first-order valence-electron chi connectivity index (χ1n) is 4.69. The fraction of sp³-hybridized carbons (Fsp3) is 0.778. The summed E-state index contributed by atoms with van der Waals surface area (Å²) in [6, 6.07) is 2.02. The molecule has 0 aromatic heterocycles. The largest absolute Gasteiger partial charge is 0.348 e. The van der Waals surface area contributed by atoms with E-state index in [2.05, 4.69) is 11.4 Å². The van der Waals surface area contributed by atoms with Gasteiger partial charge in [0, 0.05) is 33.7 Å². The Kier molecular flexibility index (Phi) is 3.86. The van der Waals surface area contributed by atoms with E-state index in [1.54, 1.807) is 19.0 Å². The summed E-state index contributed by atoms with van der Waals surface area (Å²) in [5.74, 6) is 0.0483. The van der Waals surface area contributed by atoms with Gasteiger partial charge in [-0.05, 0) is 0 Å². The highest BCUT2D eigenvalue weighted by atomic mass is 16.2. The van der Waals surface area contributed by atoms with Crippen LogP contribution in [0.1, 0.15) is 0 Å². The highest BCUT2D eigenvalue weighted by molar-refractivity contribution is 5.77. The maximum Gasteiger partial charge on any atom is 0.236 e. The van der Waals surface area contributed by atoms with Crippen LogP contribution in [-0.4, -0.2) is 62.0 Å². The summed E-state index contributed by atoms with van der Waals surface area (Å²) in [7, 11) is 3.46. The summed E-state index contributed by atoms with van der Waals surface area (Å²) >= 11 is 0. The Morgan fingerprint density at radius 2 is 2.43 bits per heavy atom. The van der Waals surface area contributed by atoms with Crippen molar-refractivity contribution in [3.8, 4) is 6.07 Å². The van der Waals surface area contributed by atoms with Crippen LogP contribution < -0.4 is 5.32 Å². The Morgan fingerprint density at radius 3 is 3.00 bits per heavy atom. The van der Waals surface area contributed by atoms with Gasteiger partial charge in [-0.15, -0.1) is 0 Å². The molecule has 0 radical (unpaired) electrons. The zero-order valence-corrected chi connectivity index (χ0v) is 8.66. The van der Waals surface area contributed by atoms with Gasteiger partial charge in [-0.3, -0.25) is 9.69 Å². The monoisotopic (exact) mass is 196 g/mol. The van der Waals surface area contributed by atoms with E-state index in [0.29, 0.717) is 13.1 Å². The number of piperazine rings is 1. The van der Waals surface area contributed by atoms with Crippen molar-refractivity contribution in [3.63, 3.8) is 0 Å². The first-order chi connectivity index (χ1) is 6.65. The molecule has 0 aliphatic carbocycles. The lowest BCUT2D eigenvalue weighted by Gasteiger charge is -2.31. The van der Waals surface area contributed by atoms with E-state index >= 15 is 0 Å². The molecule has 5 heteroatoms. The van der Waals surface area contributed by atoms with Crippen molar-refractivity contribution < 1.29 is 4.79 Å². The quantitative estimate of drug-likeness (QED) is 0.607. The normalized spacial score (nSPS) is 22.8. The third-order valence-corrected chi connectivity index (χ3v) is 2.34. The SMILES string of the molecule is CN(C)C(=O)CN1CCNCC1C#N. The van der Waals surface area contributed by atoms with Crippen LogP contribution in [0, 0.1) is 11.3 Å². The molecular formula is C9H16N4O. The average Bonchev–Trinajstić information content (AvgIpc) is 2.18. The zero-order valence-electron chi connectivity index (χ0n) is 8.66. The lowest BCUT2D eigenvalue weighted by molar-refractivity contribution is -0.130. The minimum atomic E-state index is -0.173. The number of carbonyl (C=O) groups excluding carboxylic acids is 1. The minimum Gasteiger partial charge on any atom is -0.348 e. The topological polar surface area (TPSA) is 59.4 Å². The molecule has 0 bridgehead atoms. The van der Waals surface area contributed by atoms with Crippen molar-refractivity contribution in [2.45, 2.75) is 6.04 Å². The van der Waals surface area contributed by atoms with Crippen molar-refractivity contribution in [1.29, 1.82) is 5.26 Å². The van der Waals surface area contributed by atoms with Crippen molar-refractivity contribution in [3.05, 3.63) is 0 Å². The van der Waals surface area contributed by atoms with Crippen LogP contribution in [0.5, 0.6) is 0 Å². The van der Waals surface area contributed by atoms with Gasteiger partial charge in [0.05, 0.1) is 12.6 Å². The second-order valence-corrected chi connectivity index (χ2v) is 3.61. The Labute approximate surface area is 84.3 Å². The Hall–Kier alpha value is -1.12. The molecule has 1 aliphatic rings. The Balaban J connectivity index is 2.49. The maximum absolute atomic E-state index is 11.4. The molecular weight excluding hydrogens is 180 g/mol. The number of nitrogens with one attached hydrogen (secondary N) is 1. The molecule has 78 valence electrons. The van der Waals surface area contributed by atoms with E-state index in [0.717, 1.165) is 13.1 Å². The van der Waals surface area contributed by atoms with E-state index in [-0.39, 0.29) is 11.9 Å². The number of amides is 1. The summed E-state index contributed by atoms with van der Waals surface area (Å²) in [6.45, 7) is 2.60. The maximum atomic E-state index is 11.4. The molecule has 1 unspecified atom stereocenters. The van der Waals surface area contributed by atoms with Gasteiger partial charge in [-0.25, -0.2) is 0 Å². The highest BCUT2D eigenvalue weighted by Gasteiger charge is 2.23. The van der Waals surface area contributed by atoms with E-state index in [1.165, 1.54) is 0 Å². The van der Waals surface area contributed by atoms with E-state index in [9.17, 15) is 4.79 Å². The lowest BCUT2D eigenvalue weighted by Crippen LogP contribution is -2.53. The standard InChI is InChI=1S/C9H16N4O/c1-12(2)9(14)7-13-4-3-11-6-8(13)5-10/h8,11H,3-4,6-7H2,1-2H3. The van der Waals surface area contributed by atoms with Crippen LogP contribution in [0.4, 0.5) is 0 Å². The number of carbonyl (C=O) groups is 1. The molecule has 1 aliphatic heterocycles. The number of nitriles is 1. The summed E-state index contributed by atoms with van der Waals surface area (Å²) in [5.41, 5.74) is 0. The van der Waals surface area contributed by atoms with Gasteiger partial charge in [0.2, 0.25) is 5.91 Å². The van der Waals surface area contributed by atoms with Gasteiger partial charge < -0.3 is 10.2 Å². The second kappa shape index (κ2) is 4.94. The van der Waals surface area contributed by atoms with Crippen molar-refractivity contribution >= 4 is 5.91 Å². The average molecular weight is 196 g/mol. The molecule has 1 fully saturated rings. The van der Waals surface area contributed by atoms with Gasteiger partial charge in [0.25, 0.3) is 0 Å². The van der Waals surface area contributed by atoms with Crippen molar-refractivity contribution in [1.82, 2.24) is 15.1 Å². The van der Waals surface area contributed by atoms with Gasteiger partial charge in [0.1, 0.15) is 6.04 Å². The summed E-state index contributed by atoms with van der Waals surface area (Å²) in [6.07, 6.45) is 0. The number of likely N-dealkylation sites (N-methyl/N-ethyl adjacent to an activating group) is 1. The third kappa shape index (κ3) is 2.69. The summed E-state index contributed by atoms with van der Waals surface area (Å²) in [4.78, 5) is 14.9. The molecule has 0 spiro atoms. The fourth-order valence-electron chi connectivity index (χ4n) is 1.38. The second-order valence-electron chi connectivity index (χ2n) is 3.61. The van der Waals surface area contributed by atoms with Gasteiger partial charge in [0.15, 0.2) is 0 Å². The third-order valence-electron chi connectivity index (χ3n) is 2.34. The van der Waals surface area contributed by atoms with Gasteiger partial charge >= 0.3 is 0 Å². The lowest BCUT2D eigenvalue weighted by atomic mass is 10.2.